The minimum Gasteiger partial charge on any atom is -0.439 e. The lowest BCUT2D eigenvalue weighted by molar-refractivity contribution is 0.496. The molecule has 0 unspecified atom stereocenters. The molecule has 2 heterocycles. The van der Waals surface area contributed by atoms with Gasteiger partial charge in [0.05, 0.1) is 0 Å². The van der Waals surface area contributed by atoms with Crippen LogP contribution in [0, 0.1) is 13.8 Å². The molecule has 2 aromatic heterocycles. The first-order valence-corrected chi connectivity index (χ1v) is 6.23. The summed E-state index contributed by atoms with van der Waals surface area (Å²) in [5, 5.41) is 0. The topological polar surface area (TPSA) is 86.9 Å². The quantitative estimate of drug-likeness (QED) is 0.715. The number of benzene rings is 1. The number of nitrogens with two attached hydrogens (primary N) is 1. The molecule has 6 heteroatoms. The Bertz CT molecular complexity index is 848. The Kier molecular flexibility index (Phi) is 2.78. The van der Waals surface area contributed by atoms with Gasteiger partial charge >= 0.3 is 0 Å². The molecule has 6 nitrogen and oxygen atoms in total. The van der Waals surface area contributed by atoms with Crippen molar-refractivity contribution in [3.63, 3.8) is 0 Å². The normalized spacial score (nSPS) is 11.1. The number of aryl methyl sites for hydroxylation is 2. The van der Waals surface area contributed by atoms with E-state index in [1.54, 1.807) is 32.0 Å². The molecule has 0 aliphatic rings. The van der Waals surface area contributed by atoms with Crippen LogP contribution in [0.15, 0.2) is 33.5 Å². The van der Waals surface area contributed by atoms with E-state index >= 15 is 0 Å². The van der Waals surface area contributed by atoms with Crippen molar-refractivity contribution in [1.29, 1.82) is 0 Å². The third-order valence-electron chi connectivity index (χ3n) is 3.08. The first-order valence-electron chi connectivity index (χ1n) is 6.23. The Labute approximate surface area is 114 Å². The maximum absolute atomic E-state index is 12.0. The summed E-state index contributed by atoms with van der Waals surface area (Å²) < 4.78 is 7.14. The van der Waals surface area contributed by atoms with Crippen molar-refractivity contribution in [3.05, 3.63) is 52.0 Å². The van der Waals surface area contributed by atoms with Gasteiger partial charge in [-0.05, 0) is 26.0 Å². The minimum atomic E-state index is -0.114. The van der Waals surface area contributed by atoms with Crippen molar-refractivity contribution >= 4 is 16.8 Å². The number of oxazole rings is 1. The van der Waals surface area contributed by atoms with Gasteiger partial charge in [0.15, 0.2) is 5.58 Å². The molecule has 3 rings (SSSR count). The van der Waals surface area contributed by atoms with Gasteiger partial charge in [-0.1, -0.05) is 0 Å². The number of fused-ring (bicyclic) bond motifs is 1. The van der Waals surface area contributed by atoms with Crippen LogP contribution in [0.25, 0.3) is 11.1 Å². The van der Waals surface area contributed by atoms with E-state index < -0.39 is 0 Å². The standard InChI is InChI=1S/C14H14N4O2/c1-8-5-14(19)18(9(2)16-8)7-13-17-11-4-3-10(15)6-12(11)20-13/h3-6H,7,15H2,1-2H3. The highest BCUT2D eigenvalue weighted by Gasteiger charge is 2.10. The van der Waals surface area contributed by atoms with Crippen LogP contribution in [0.5, 0.6) is 0 Å². The van der Waals surface area contributed by atoms with Gasteiger partial charge in [0.2, 0.25) is 5.89 Å². The fourth-order valence-electron chi connectivity index (χ4n) is 2.15. The van der Waals surface area contributed by atoms with Gasteiger partial charge < -0.3 is 10.2 Å². The third kappa shape index (κ3) is 2.16. The molecule has 0 saturated carbocycles. The molecule has 3 aromatic rings. The number of hydrogen-bond donors (Lipinski definition) is 1. The van der Waals surface area contributed by atoms with Crippen LogP contribution in [-0.4, -0.2) is 14.5 Å². The van der Waals surface area contributed by atoms with Crippen LogP contribution < -0.4 is 11.3 Å². The lowest BCUT2D eigenvalue weighted by Crippen LogP contribution is -2.24. The van der Waals surface area contributed by atoms with E-state index in [9.17, 15) is 4.79 Å². The van der Waals surface area contributed by atoms with E-state index in [2.05, 4.69) is 9.97 Å². The molecule has 0 aliphatic heterocycles. The van der Waals surface area contributed by atoms with Crippen molar-refractivity contribution < 1.29 is 4.42 Å². The predicted octanol–water partition coefficient (Wildman–Crippen LogP) is 1.63. The van der Waals surface area contributed by atoms with Gasteiger partial charge in [0.1, 0.15) is 17.9 Å². The zero-order valence-corrected chi connectivity index (χ0v) is 11.3. The number of rotatable bonds is 2. The first kappa shape index (κ1) is 12.4. The summed E-state index contributed by atoms with van der Waals surface area (Å²) in [7, 11) is 0. The molecule has 0 bridgehead atoms. The number of anilines is 1. The maximum Gasteiger partial charge on any atom is 0.254 e. The number of hydrogen-bond acceptors (Lipinski definition) is 5. The largest absolute Gasteiger partial charge is 0.439 e. The second-order valence-corrected chi connectivity index (χ2v) is 4.70. The van der Waals surface area contributed by atoms with Crippen LogP contribution in [0.4, 0.5) is 5.69 Å². The summed E-state index contributed by atoms with van der Waals surface area (Å²) in [5.41, 5.74) is 8.24. The maximum atomic E-state index is 12.0. The number of nitrogen functional groups attached to an aromatic ring is 1. The van der Waals surface area contributed by atoms with Gasteiger partial charge in [-0.15, -0.1) is 0 Å². The predicted molar refractivity (Wildman–Crippen MR) is 75.5 cm³/mol. The summed E-state index contributed by atoms with van der Waals surface area (Å²) in [6.07, 6.45) is 0. The van der Waals surface area contributed by atoms with E-state index in [0.717, 1.165) is 5.52 Å². The summed E-state index contributed by atoms with van der Waals surface area (Å²) in [6, 6.07) is 6.77. The molecule has 0 amide bonds. The monoisotopic (exact) mass is 270 g/mol. The highest BCUT2D eigenvalue weighted by atomic mass is 16.3. The van der Waals surface area contributed by atoms with E-state index in [-0.39, 0.29) is 12.1 Å². The van der Waals surface area contributed by atoms with Crippen molar-refractivity contribution in [2.24, 2.45) is 0 Å². The average molecular weight is 270 g/mol. The van der Waals surface area contributed by atoms with Crippen molar-refractivity contribution in [2.75, 3.05) is 5.73 Å². The number of aromatic nitrogens is 3. The van der Waals surface area contributed by atoms with E-state index in [1.165, 1.54) is 10.6 Å². The molecule has 0 saturated heterocycles. The molecule has 1 aromatic carbocycles. The van der Waals surface area contributed by atoms with Crippen LogP contribution in [0.1, 0.15) is 17.4 Å². The number of nitrogens with zero attached hydrogens (tertiary/aromatic N) is 3. The Morgan fingerprint density at radius 1 is 1.25 bits per heavy atom. The zero-order chi connectivity index (χ0) is 14.3. The smallest absolute Gasteiger partial charge is 0.254 e. The van der Waals surface area contributed by atoms with Crippen LogP contribution in [0.3, 0.4) is 0 Å². The first-order chi connectivity index (χ1) is 9.52. The Balaban J connectivity index is 2.03. The minimum absolute atomic E-state index is 0.114. The summed E-state index contributed by atoms with van der Waals surface area (Å²) in [4.78, 5) is 20.6. The van der Waals surface area contributed by atoms with Gasteiger partial charge in [-0.3, -0.25) is 9.36 Å². The van der Waals surface area contributed by atoms with E-state index in [1.807, 2.05) is 0 Å². The van der Waals surface area contributed by atoms with Gasteiger partial charge in [0.25, 0.3) is 5.56 Å². The summed E-state index contributed by atoms with van der Waals surface area (Å²) in [6.45, 7) is 3.84. The molecular formula is C14H14N4O2. The molecule has 2 N–H and O–H groups in total. The lowest BCUT2D eigenvalue weighted by atomic mass is 10.3. The Morgan fingerprint density at radius 3 is 2.80 bits per heavy atom. The highest BCUT2D eigenvalue weighted by molar-refractivity contribution is 5.76. The molecule has 0 atom stereocenters. The summed E-state index contributed by atoms with van der Waals surface area (Å²) >= 11 is 0. The van der Waals surface area contributed by atoms with Gasteiger partial charge in [-0.25, -0.2) is 9.97 Å². The molecule has 0 fully saturated rings. The van der Waals surface area contributed by atoms with Crippen LogP contribution in [-0.2, 0) is 6.54 Å². The van der Waals surface area contributed by atoms with Gasteiger partial charge in [-0.2, -0.15) is 0 Å². The SMILES string of the molecule is Cc1cc(=O)n(Cc2nc3ccc(N)cc3o2)c(C)n1. The fourth-order valence-corrected chi connectivity index (χ4v) is 2.15. The summed E-state index contributed by atoms with van der Waals surface area (Å²) in [5.74, 6) is 1.10. The highest BCUT2D eigenvalue weighted by Crippen LogP contribution is 2.18. The van der Waals surface area contributed by atoms with E-state index in [0.29, 0.717) is 28.7 Å². The lowest BCUT2D eigenvalue weighted by Gasteiger charge is -2.06. The molecule has 102 valence electrons. The molecule has 20 heavy (non-hydrogen) atoms. The molecule has 0 radical (unpaired) electrons. The zero-order valence-electron chi connectivity index (χ0n) is 11.3. The van der Waals surface area contributed by atoms with Crippen molar-refractivity contribution in [1.82, 2.24) is 14.5 Å². The Morgan fingerprint density at radius 2 is 2.05 bits per heavy atom. The Hall–Kier alpha value is -2.63. The van der Waals surface area contributed by atoms with Crippen molar-refractivity contribution in [2.45, 2.75) is 20.4 Å². The second kappa shape index (κ2) is 4.48. The van der Waals surface area contributed by atoms with Crippen LogP contribution in [0.2, 0.25) is 0 Å². The van der Waals surface area contributed by atoms with Crippen LogP contribution >= 0.6 is 0 Å². The molecule has 0 aliphatic carbocycles. The van der Waals surface area contributed by atoms with E-state index in [4.69, 9.17) is 10.2 Å². The van der Waals surface area contributed by atoms with Crippen molar-refractivity contribution in [3.8, 4) is 0 Å². The van der Waals surface area contributed by atoms with Gasteiger partial charge in [0, 0.05) is 23.5 Å². The average Bonchev–Trinajstić information content (AvgIpc) is 2.75. The third-order valence-corrected chi connectivity index (χ3v) is 3.08. The molecular weight excluding hydrogens is 256 g/mol. The fraction of sp³-hybridized carbons (Fsp3) is 0.214. The molecule has 0 spiro atoms. The second-order valence-electron chi connectivity index (χ2n) is 4.70.